The summed E-state index contributed by atoms with van der Waals surface area (Å²) < 4.78 is 17.8. The van der Waals surface area contributed by atoms with E-state index in [0.717, 1.165) is 16.6 Å². The molecule has 5 aromatic rings. The smallest absolute Gasteiger partial charge is 0.331 e. The zero-order chi connectivity index (χ0) is 27.0. The Labute approximate surface area is 229 Å². The van der Waals surface area contributed by atoms with E-state index in [9.17, 15) is 9.70 Å². The molecule has 194 valence electrons. The summed E-state index contributed by atoms with van der Waals surface area (Å²) in [5, 5.41) is 3.93. The number of aromatic nitrogens is 1. The van der Waals surface area contributed by atoms with Gasteiger partial charge in [-0.2, -0.15) is 0 Å². The van der Waals surface area contributed by atoms with Gasteiger partial charge in [-0.3, -0.25) is 4.79 Å². The molecular formula is C31H23ClN2O5. The molecule has 4 aromatic carbocycles. The van der Waals surface area contributed by atoms with Gasteiger partial charge in [0.2, 0.25) is 6.10 Å². The van der Waals surface area contributed by atoms with Crippen molar-refractivity contribution in [1.82, 2.24) is 4.98 Å². The van der Waals surface area contributed by atoms with Gasteiger partial charge in [0.15, 0.2) is 0 Å². The minimum Gasteiger partial charge on any atom is -0.489 e. The summed E-state index contributed by atoms with van der Waals surface area (Å²) in [5.74, 6) is 0.562. The number of carbonyl (C=O) groups is 1. The number of para-hydroxylation sites is 2. The van der Waals surface area contributed by atoms with Gasteiger partial charge in [0, 0.05) is 21.7 Å². The van der Waals surface area contributed by atoms with Crippen LogP contribution in [0, 0.1) is 4.91 Å². The van der Waals surface area contributed by atoms with Crippen LogP contribution in [0.4, 0.5) is 0 Å². The monoisotopic (exact) mass is 538 g/mol. The summed E-state index contributed by atoms with van der Waals surface area (Å²) >= 11 is 6.41. The first-order valence-corrected chi connectivity index (χ1v) is 12.5. The second-order valence-electron chi connectivity index (χ2n) is 8.61. The highest BCUT2D eigenvalue weighted by Crippen LogP contribution is 2.34. The topological polar surface area (TPSA) is 87.1 Å². The molecule has 0 radical (unpaired) electrons. The number of nitrogens with zero attached hydrogens (tertiary/aromatic N) is 2. The van der Waals surface area contributed by atoms with Crippen molar-refractivity contribution in [3.05, 3.63) is 136 Å². The van der Waals surface area contributed by atoms with Crippen LogP contribution in [0.3, 0.4) is 0 Å². The lowest BCUT2D eigenvalue weighted by molar-refractivity contribution is -0.124. The van der Waals surface area contributed by atoms with Crippen molar-refractivity contribution >= 4 is 28.4 Å². The molecule has 0 N–H and O–H groups in total. The number of benzene rings is 4. The third-order valence-corrected chi connectivity index (χ3v) is 6.26. The number of halogens is 1. The average molecular weight is 539 g/mol. The number of fused-ring (bicyclic) bond motifs is 1. The average Bonchev–Trinajstić information content (AvgIpc) is 2.99. The summed E-state index contributed by atoms with van der Waals surface area (Å²) in [4.78, 5) is 27.9. The summed E-state index contributed by atoms with van der Waals surface area (Å²) in [6.45, 7) is 0.451. The van der Waals surface area contributed by atoms with E-state index < -0.39 is 12.0 Å². The predicted octanol–water partition coefficient (Wildman–Crippen LogP) is 7.46. The van der Waals surface area contributed by atoms with Gasteiger partial charge < -0.3 is 14.2 Å². The molecule has 39 heavy (non-hydrogen) atoms. The first-order chi connectivity index (χ1) is 19.1. The quantitative estimate of drug-likeness (QED) is 0.171. The van der Waals surface area contributed by atoms with Crippen LogP contribution in [-0.2, 0) is 18.0 Å². The van der Waals surface area contributed by atoms with Crippen molar-refractivity contribution in [3.63, 3.8) is 0 Å². The highest BCUT2D eigenvalue weighted by Gasteiger charge is 2.26. The van der Waals surface area contributed by atoms with Gasteiger partial charge in [0.1, 0.15) is 30.5 Å². The summed E-state index contributed by atoms with van der Waals surface area (Å²) in [7, 11) is 0. The summed E-state index contributed by atoms with van der Waals surface area (Å²) in [5.41, 5.74) is 2.85. The highest BCUT2D eigenvalue weighted by molar-refractivity contribution is 6.32. The Morgan fingerprint density at radius 1 is 0.769 bits per heavy atom. The standard InChI is InChI=1S/C31H23ClN2O5/c32-27-11-6-10-23(29(27)39-30(31(35)34-36)22-8-2-1-3-9-22)19-37-25-15-17-26(18-16-25)38-20-24-14-13-21-7-4-5-12-28(21)33-24/h1-18,30H,19-20H2. The van der Waals surface area contributed by atoms with Crippen LogP contribution in [0.15, 0.2) is 114 Å². The highest BCUT2D eigenvalue weighted by atomic mass is 35.5. The maximum atomic E-state index is 12.3. The molecule has 0 aliphatic rings. The molecule has 1 heterocycles. The number of rotatable bonds is 10. The fraction of sp³-hybridized carbons (Fsp3) is 0.0968. The number of hydrogen-bond donors (Lipinski definition) is 0. The van der Waals surface area contributed by atoms with Crippen LogP contribution in [0.2, 0.25) is 5.02 Å². The number of ether oxygens (including phenoxy) is 3. The number of amides is 1. The van der Waals surface area contributed by atoms with Crippen molar-refractivity contribution in [2.45, 2.75) is 19.3 Å². The van der Waals surface area contributed by atoms with Gasteiger partial charge in [-0.1, -0.05) is 78.3 Å². The van der Waals surface area contributed by atoms with Crippen molar-refractivity contribution in [2.75, 3.05) is 0 Å². The van der Waals surface area contributed by atoms with Gasteiger partial charge in [-0.05, 0) is 42.5 Å². The van der Waals surface area contributed by atoms with Crippen LogP contribution in [0.1, 0.15) is 22.9 Å². The molecule has 0 fully saturated rings. The van der Waals surface area contributed by atoms with Crippen molar-refractivity contribution in [2.24, 2.45) is 5.18 Å². The Morgan fingerprint density at radius 2 is 1.46 bits per heavy atom. The minimum absolute atomic E-state index is 0.112. The molecule has 1 amide bonds. The van der Waals surface area contributed by atoms with Crippen LogP contribution in [0.25, 0.3) is 10.9 Å². The minimum atomic E-state index is -1.23. The predicted molar refractivity (Wildman–Crippen MR) is 149 cm³/mol. The van der Waals surface area contributed by atoms with Gasteiger partial charge in [0.05, 0.1) is 16.2 Å². The van der Waals surface area contributed by atoms with E-state index in [1.807, 2.05) is 48.5 Å². The molecule has 1 aromatic heterocycles. The van der Waals surface area contributed by atoms with E-state index in [0.29, 0.717) is 29.2 Å². The zero-order valence-electron chi connectivity index (χ0n) is 20.7. The Hall–Kier alpha value is -4.75. The molecule has 1 unspecified atom stereocenters. The Kier molecular flexibility index (Phi) is 8.09. The molecular weight excluding hydrogens is 516 g/mol. The number of carbonyl (C=O) groups excluding carboxylic acids is 1. The first-order valence-electron chi connectivity index (χ1n) is 12.2. The number of pyridine rings is 1. The van der Waals surface area contributed by atoms with Crippen molar-refractivity contribution in [1.29, 1.82) is 0 Å². The third kappa shape index (κ3) is 6.40. The van der Waals surface area contributed by atoms with E-state index in [2.05, 4.69) is 10.2 Å². The van der Waals surface area contributed by atoms with Crippen LogP contribution in [-0.4, -0.2) is 10.9 Å². The molecule has 1 atom stereocenters. The van der Waals surface area contributed by atoms with Gasteiger partial charge in [-0.15, -0.1) is 4.91 Å². The maximum Gasteiger partial charge on any atom is 0.331 e. The zero-order valence-corrected chi connectivity index (χ0v) is 21.5. The molecule has 8 heteroatoms. The van der Waals surface area contributed by atoms with Crippen molar-refractivity contribution in [3.8, 4) is 17.2 Å². The fourth-order valence-corrected chi connectivity index (χ4v) is 4.23. The van der Waals surface area contributed by atoms with Crippen LogP contribution >= 0.6 is 11.6 Å². The molecule has 0 spiro atoms. The van der Waals surface area contributed by atoms with Gasteiger partial charge >= 0.3 is 5.91 Å². The molecule has 0 bridgehead atoms. The van der Waals surface area contributed by atoms with E-state index >= 15 is 0 Å². The first kappa shape index (κ1) is 25.9. The summed E-state index contributed by atoms with van der Waals surface area (Å²) in [6.07, 6.45) is -1.23. The lowest BCUT2D eigenvalue weighted by Crippen LogP contribution is -2.18. The molecule has 0 saturated heterocycles. The molecule has 0 aliphatic heterocycles. The lowest BCUT2D eigenvalue weighted by atomic mass is 10.1. The van der Waals surface area contributed by atoms with E-state index in [1.165, 1.54) is 0 Å². The van der Waals surface area contributed by atoms with E-state index in [-0.39, 0.29) is 17.4 Å². The molecule has 0 saturated carbocycles. The van der Waals surface area contributed by atoms with E-state index in [1.54, 1.807) is 60.7 Å². The molecule has 5 rings (SSSR count). The fourth-order valence-electron chi connectivity index (χ4n) is 3.99. The Bertz CT molecular complexity index is 1590. The number of nitroso groups, excluding NO2 is 1. The molecule has 0 aliphatic carbocycles. The maximum absolute atomic E-state index is 12.3. The Balaban J connectivity index is 1.24. The SMILES string of the molecule is O=NC(=O)C(Oc1c(Cl)cccc1COc1ccc(OCc2ccc3ccccc3n2)cc1)c1ccccc1. The molecule has 7 nitrogen and oxygen atoms in total. The van der Waals surface area contributed by atoms with Gasteiger partial charge in [0.25, 0.3) is 0 Å². The van der Waals surface area contributed by atoms with Crippen molar-refractivity contribution < 1.29 is 19.0 Å². The second kappa shape index (κ2) is 12.2. The largest absolute Gasteiger partial charge is 0.489 e. The van der Waals surface area contributed by atoms with E-state index in [4.69, 9.17) is 25.8 Å². The van der Waals surface area contributed by atoms with Gasteiger partial charge in [-0.25, -0.2) is 4.98 Å². The second-order valence-corrected chi connectivity index (χ2v) is 9.02. The summed E-state index contributed by atoms with van der Waals surface area (Å²) in [6, 6.07) is 32.9. The Morgan fingerprint density at radius 3 is 2.21 bits per heavy atom. The normalized spacial score (nSPS) is 11.5. The third-order valence-electron chi connectivity index (χ3n) is 5.96. The van der Waals surface area contributed by atoms with Crippen LogP contribution in [0.5, 0.6) is 17.2 Å². The lowest BCUT2D eigenvalue weighted by Gasteiger charge is -2.19. The van der Waals surface area contributed by atoms with Crippen LogP contribution < -0.4 is 14.2 Å². The number of hydrogen-bond acceptors (Lipinski definition) is 6.